The lowest BCUT2D eigenvalue weighted by Gasteiger charge is -2.08. The fourth-order valence-electron chi connectivity index (χ4n) is 1.70. The highest BCUT2D eigenvalue weighted by atomic mass is 35.5. The van der Waals surface area contributed by atoms with Gasteiger partial charge in [-0.3, -0.25) is 4.79 Å². The monoisotopic (exact) mass is 319 g/mol. The summed E-state index contributed by atoms with van der Waals surface area (Å²) < 4.78 is 0. The van der Waals surface area contributed by atoms with Crippen molar-refractivity contribution in [2.24, 2.45) is 0 Å². The van der Waals surface area contributed by atoms with Gasteiger partial charge in [0.25, 0.3) is 5.91 Å². The van der Waals surface area contributed by atoms with E-state index in [0.717, 1.165) is 0 Å². The lowest BCUT2D eigenvalue weighted by molar-refractivity contribution is 0.102. The molecule has 21 heavy (non-hydrogen) atoms. The molecular weight excluding hydrogens is 309 g/mol. The van der Waals surface area contributed by atoms with Gasteiger partial charge in [-0.2, -0.15) is 0 Å². The summed E-state index contributed by atoms with van der Waals surface area (Å²) in [4.78, 5) is 12.3. The summed E-state index contributed by atoms with van der Waals surface area (Å²) in [5.74, 6) is 4.96. The number of anilines is 1. The molecular formula is C16H11Cl2NO2. The Morgan fingerprint density at radius 1 is 1.14 bits per heavy atom. The Morgan fingerprint density at radius 3 is 2.62 bits per heavy atom. The van der Waals surface area contributed by atoms with Crippen molar-refractivity contribution in [3.63, 3.8) is 0 Å². The fraction of sp³-hybridized carbons (Fsp3) is 0.0625. The van der Waals surface area contributed by atoms with Crippen LogP contribution < -0.4 is 5.32 Å². The number of aliphatic hydroxyl groups is 1. The van der Waals surface area contributed by atoms with Gasteiger partial charge in [0.2, 0.25) is 0 Å². The molecule has 0 bridgehead atoms. The number of amides is 1. The van der Waals surface area contributed by atoms with E-state index in [0.29, 0.717) is 26.9 Å². The van der Waals surface area contributed by atoms with E-state index in [1.807, 2.05) is 0 Å². The summed E-state index contributed by atoms with van der Waals surface area (Å²) in [7, 11) is 0. The summed E-state index contributed by atoms with van der Waals surface area (Å²) in [5, 5.41) is 12.3. The minimum absolute atomic E-state index is 0.261. The van der Waals surface area contributed by atoms with Gasteiger partial charge in [0.15, 0.2) is 0 Å². The molecule has 0 aromatic heterocycles. The maximum absolute atomic E-state index is 12.3. The quantitative estimate of drug-likeness (QED) is 0.831. The van der Waals surface area contributed by atoms with Crippen molar-refractivity contribution in [1.82, 2.24) is 0 Å². The minimum Gasteiger partial charge on any atom is -0.384 e. The first-order valence-electron chi connectivity index (χ1n) is 6.07. The Bertz CT molecular complexity index is 733. The van der Waals surface area contributed by atoms with Gasteiger partial charge < -0.3 is 10.4 Å². The second-order valence-corrected chi connectivity index (χ2v) is 4.90. The van der Waals surface area contributed by atoms with Gasteiger partial charge in [0.05, 0.1) is 15.6 Å². The summed E-state index contributed by atoms with van der Waals surface area (Å²) in [5.41, 5.74) is 1.51. The molecule has 0 aliphatic carbocycles. The summed E-state index contributed by atoms with van der Waals surface area (Å²) in [6.45, 7) is -0.261. The average molecular weight is 320 g/mol. The normalized spacial score (nSPS) is 9.67. The molecule has 2 aromatic carbocycles. The number of halogens is 2. The van der Waals surface area contributed by atoms with E-state index in [4.69, 9.17) is 28.3 Å². The first-order valence-corrected chi connectivity index (χ1v) is 6.82. The lowest BCUT2D eigenvalue weighted by Crippen LogP contribution is -2.13. The molecule has 3 nitrogen and oxygen atoms in total. The number of aliphatic hydroxyl groups excluding tert-OH is 1. The maximum atomic E-state index is 12.3. The van der Waals surface area contributed by atoms with E-state index in [1.165, 1.54) is 0 Å². The summed E-state index contributed by atoms with van der Waals surface area (Å²) in [6.07, 6.45) is 0. The van der Waals surface area contributed by atoms with Gasteiger partial charge in [0.1, 0.15) is 6.61 Å². The molecule has 106 valence electrons. The molecule has 2 aromatic rings. The zero-order chi connectivity index (χ0) is 15.2. The molecule has 5 heteroatoms. The van der Waals surface area contributed by atoms with E-state index < -0.39 is 0 Å². The molecule has 0 aliphatic rings. The number of hydrogen-bond acceptors (Lipinski definition) is 2. The topological polar surface area (TPSA) is 49.3 Å². The van der Waals surface area contributed by atoms with E-state index in [2.05, 4.69) is 17.2 Å². The highest BCUT2D eigenvalue weighted by Gasteiger charge is 2.10. The number of carbonyl (C=O) groups excluding carboxylic acids is 1. The van der Waals surface area contributed by atoms with Gasteiger partial charge in [-0.1, -0.05) is 47.2 Å². The molecule has 0 aliphatic heterocycles. The molecule has 0 radical (unpaired) electrons. The van der Waals surface area contributed by atoms with Crippen molar-refractivity contribution in [3.05, 3.63) is 63.6 Å². The van der Waals surface area contributed by atoms with Gasteiger partial charge in [0, 0.05) is 11.3 Å². The number of rotatable bonds is 2. The third-order valence-electron chi connectivity index (χ3n) is 2.65. The molecule has 0 fully saturated rings. The Labute approximate surface area is 132 Å². The van der Waals surface area contributed by atoms with Gasteiger partial charge >= 0.3 is 0 Å². The van der Waals surface area contributed by atoms with Gasteiger partial charge in [-0.05, 0) is 30.3 Å². The van der Waals surface area contributed by atoms with E-state index in [1.54, 1.807) is 42.5 Å². The molecule has 0 saturated carbocycles. The number of hydrogen-bond donors (Lipinski definition) is 2. The highest BCUT2D eigenvalue weighted by Crippen LogP contribution is 2.25. The van der Waals surface area contributed by atoms with Crippen LogP contribution in [0, 0.1) is 11.8 Å². The third kappa shape index (κ3) is 3.99. The maximum Gasteiger partial charge on any atom is 0.256 e. The van der Waals surface area contributed by atoms with Crippen LogP contribution in [0.25, 0.3) is 0 Å². The van der Waals surface area contributed by atoms with E-state index >= 15 is 0 Å². The van der Waals surface area contributed by atoms with Crippen LogP contribution in [0.4, 0.5) is 5.69 Å². The van der Waals surface area contributed by atoms with Gasteiger partial charge in [-0.15, -0.1) is 0 Å². The average Bonchev–Trinajstić information content (AvgIpc) is 2.49. The largest absolute Gasteiger partial charge is 0.384 e. The zero-order valence-electron chi connectivity index (χ0n) is 10.9. The smallest absolute Gasteiger partial charge is 0.256 e. The third-order valence-corrected chi connectivity index (χ3v) is 3.39. The Kier molecular flexibility index (Phi) is 5.24. The van der Waals surface area contributed by atoms with Crippen LogP contribution in [-0.2, 0) is 0 Å². The standard InChI is InChI=1S/C16H11Cl2NO2/c17-14-8-7-12(10-15(14)18)19-16(21)13-6-2-1-4-11(13)5-3-9-20/h1-2,4,6-8,10,20H,9H2,(H,19,21). The Morgan fingerprint density at radius 2 is 1.90 bits per heavy atom. The lowest BCUT2D eigenvalue weighted by atomic mass is 10.1. The molecule has 2 N–H and O–H groups in total. The fourth-order valence-corrected chi connectivity index (χ4v) is 2.00. The minimum atomic E-state index is -0.309. The molecule has 0 saturated heterocycles. The highest BCUT2D eigenvalue weighted by molar-refractivity contribution is 6.42. The second kappa shape index (κ2) is 7.14. The molecule has 0 heterocycles. The second-order valence-electron chi connectivity index (χ2n) is 4.09. The number of carbonyl (C=O) groups is 1. The van der Waals surface area contributed by atoms with Crippen LogP contribution in [-0.4, -0.2) is 17.6 Å². The van der Waals surface area contributed by atoms with Crippen molar-refractivity contribution in [2.75, 3.05) is 11.9 Å². The molecule has 0 spiro atoms. The van der Waals surface area contributed by atoms with Crippen molar-refractivity contribution in [3.8, 4) is 11.8 Å². The van der Waals surface area contributed by atoms with Crippen molar-refractivity contribution < 1.29 is 9.90 Å². The van der Waals surface area contributed by atoms with Crippen molar-refractivity contribution in [2.45, 2.75) is 0 Å². The molecule has 1 amide bonds. The SMILES string of the molecule is O=C(Nc1ccc(Cl)c(Cl)c1)c1ccccc1C#CCO. The summed E-state index contributed by atoms with van der Waals surface area (Å²) >= 11 is 11.7. The van der Waals surface area contributed by atoms with Crippen molar-refractivity contribution >= 4 is 34.8 Å². The van der Waals surface area contributed by atoms with Crippen molar-refractivity contribution in [1.29, 1.82) is 0 Å². The molecule has 0 unspecified atom stereocenters. The molecule has 2 rings (SSSR count). The molecule has 0 atom stereocenters. The Balaban J connectivity index is 2.26. The predicted molar refractivity (Wildman–Crippen MR) is 84.8 cm³/mol. The van der Waals surface area contributed by atoms with Crippen LogP contribution in [0.2, 0.25) is 10.0 Å². The number of nitrogens with one attached hydrogen (secondary N) is 1. The van der Waals surface area contributed by atoms with Crippen LogP contribution in [0.5, 0.6) is 0 Å². The number of benzene rings is 2. The zero-order valence-corrected chi connectivity index (χ0v) is 12.4. The van der Waals surface area contributed by atoms with Crippen LogP contribution in [0.1, 0.15) is 15.9 Å². The van der Waals surface area contributed by atoms with Crippen LogP contribution >= 0.6 is 23.2 Å². The first kappa shape index (κ1) is 15.4. The first-order chi connectivity index (χ1) is 10.1. The van der Waals surface area contributed by atoms with Gasteiger partial charge in [-0.25, -0.2) is 0 Å². The Hall–Kier alpha value is -1.99. The van der Waals surface area contributed by atoms with Crippen LogP contribution in [0.15, 0.2) is 42.5 Å². The van der Waals surface area contributed by atoms with E-state index in [-0.39, 0.29) is 12.5 Å². The van der Waals surface area contributed by atoms with E-state index in [9.17, 15) is 4.79 Å². The predicted octanol–water partition coefficient (Wildman–Crippen LogP) is 3.59. The van der Waals surface area contributed by atoms with Crippen LogP contribution in [0.3, 0.4) is 0 Å². The summed E-state index contributed by atoms with van der Waals surface area (Å²) in [6, 6.07) is 11.7.